The van der Waals surface area contributed by atoms with Gasteiger partial charge in [-0.25, -0.2) is 8.42 Å². The number of para-hydroxylation sites is 2. The van der Waals surface area contributed by atoms with Gasteiger partial charge in [0.05, 0.1) is 17.2 Å². The highest BCUT2D eigenvalue weighted by molar-refractivity contribution is 7.92. The average Bonchev–Trinajstić information content (AvgIpc) is 3.02. The van der Waals surface area contributed by atoms with Gasteiger partial charge in [0.1, 0.15) is 18.3 Å². The van der Waals surface area contributed by atoms with E-state index in [2.05, 4.69) is 5.32 Å². The zero-order valence-corrected chi connectivity index (χ0v) is 27.4. The van der Waals surface area contributed by atoms with Gasteiger partial charge in [-0.1, -0.05) is 79.7 Å². The maximum absolute atomic E-state index is 14.4. The number of anilines is 1. The minimum Gasteiger partial charge on any atom is -0.492 e. The summed E-state index contributed by atoms with van der Waals surface area (Å²) in [6.45, 7) is 3.37. The highest BCUT2D eigenvalue weighted by Gasteiger charge is 2.35. The number of halogens is 2. The van der Waals surface area contributed by atoms with Crippen LogP contribution >= 0.6 is 23.2 Å². The molecule has 0 saturated heterocycles. The van der Waals surface area contributed by atoms with Crippen molar-refractivity contribution in [1.29, 1.82) is 0 Å². The lowest BCUT2D eigenvalue weighted by Gasteiger charge is -2.35. The van der Waals surface area contributed by atoms with Crippen LogP contribution in [0.15, 0.2) is 77.7 Å². The van der Waals surface area contributed by atoms with Gasteiger partial charge in [-0.3, -0.25) is 13.9 Å². The Hall–Kier alpha value is -3.27. The monoisotopic (exact) mass is 659 g/mol. The lowest BCUT2D eigenvalue weighted by molar-refractivity contribution is -0.140. The number of hydrogen-bond acceptors (Lipinski definition) is 5. The average molecular weight is 661 g/mol. The van der Waals surface area contributed by atoms with E-state index in [1.807, 2.05) is 13.0 Å². The summed E-state index contributed by atoms with van der Waals surface area (Å²) in [5, 5.41) is 3.97. The Morgan fingerprint density at radius 1 is 0.932 bits per heavy atom. The maximum atomic E-state index is 14.4. The lowest BCUT2D eigenvalue weighted by atomic mass is 9.95. The molecule has 1 atom stereocenters. The van der Waals surface area contributed by atoms with Crippen molar-refractivity contribution >= 4 is 50.7 Å². The van der Waals surface area contributed by atoms with E-state index in [0.717, 1.165) is 36.4 Å². The number of nitrogens with zero attached hydrogens (tertiary/aromatic N) is 2. The van der Waals surface area contributed by atoms with E-state index >= 15 is 0 Å². The van der Waals surface area contributed by atoms with Gasteiger partial charge in [0.15, 0.2) is 0 Å². The van der Waals surface area contributed by atoms with Crippen molar-refractivity contribution in [2.24, 2.45) is 0 Å². The first-order valence-corrected chi connectivity index (χ1v) is 17.2. The van der Waals surface area contributed by atoms with Crippen molar-refractivity contribution in [2.75, 3.05) is 17.5 Å². The third kappa shape index (κ3) is 8.25. The van der Waals surface area contributed by atoms with E-state index in [-0.39, 0.29) is 35.7 Å². The molecule has 0 spiro atoms. The Labute approximate surface area is 270 Å². The van der Waals surface area contributed by atoms with E-state index in [1.54, 1.807) is 49.4 Å². The zero-order valence-electron chi connectivity index (χ0n) is 25.0. The van der Waals surface area contributed by atoms with Crippen molar-refractivity contribution in [3.63, 3.8) is 0 Å². The van der Waals surface area contributed by atoms with E-state index < -0.39 is 28.5 Å². The van der Waals surface area contributed by atoms with Gasteiger partial charge in [-0.05, 0) is 74.2 Å². The van der Waals surface area contributed by atoms with Crippen molar-refractivity contribution in [1.82, 2.24) is 10.2 Å². The summed E-state index contributed by atoms with van der Waals surface area (Å²) >= 11 is 12.6. The SMILES string of the molecule is CCOc1ccccc1N(CC(=O)N(Cc1ccccc1Cl)C(CC)C(=O)NC1CCCCC1)S(=O)(=O)c1ccc(Cl)cc1. The molecular formula is C33H39Cl2N3O5S. The highest BCUT2D eigenvalue weighted by atomic mass is 35.5. The molecule has 0 aliphatic heterocycles. The van der Waals surface area contributed by atoms with E-state index in [9.17, 15) is 18.0 Å². The Morgan fingerprint density at radius 3 is 2.25 bits per heavy atom. The molecule has 236 valence electrons. The Balaban J connectivity index is 1.75. The normalized spacial score (nSPS) is 14.5. The van der Waals surface area contributed by atoms with Crippen LogP contribution in [0.3, 0.4) is 0 Å². The van der Waals surface area contributed by atoms with Gasteiger partial charge in [-0.15, -0.1) is 0 Å². The summed E-state index contributed by atoms with van der Waals surface area (Å²) in [6.07, 6.45) is 5.33. The fraction of sp³-hybridized carbons (Fsp3) is 0.394. The molecule has 1 N–H and O–H groups in total. The second-order valence-corrected chi connectivity index (χ2v) is 13.5. The number of rotatable bonds is 13. The molecule has 1 saturated carbocycles. The molecule has 0 aromatic heterocycles. The molecule has 1 fully saturated rings. The molecule has 0 bridgehead atoms. The third-order valence-corrected chi connectivity index (χ3v) is 10.1. The van der Waals surface area contributed by atoms with Gasteiger partial charge in [-0.2, -0.15) is 0 Å². The summed E-state index contributed by atoms with van der Waals surface area (Å²) in [5.41, 5.74) is 0.850. The van der Waals surface area contributed by atoms with Gasteiger partial charge in [0.25, 0.3) is 10.0 Å². The largest absolute Gasteiger partial charge is 0.492 e. The number of carbonyl (C=O) groups is 2. The Kier molecular flexibility index (Phi) is 11.9. The van der Waals surface area contributed by atoms with Crippen molar-refractivity contribution in [2.45, 2.75) is 75.9 Å². The van der Waals surface area contributed by atoms with Crippen LogP contribution < -0.4 is 14.4 Å². The number of nitrogens with one attached hydrogen (secondary N) is 1. The number of benzene rings is 3. The van der Waals surface area contributed by atoms with Crippen molar-refractivity contribution < 1.29 is 22.7 Å². The summed E-state index contributed by atoms with van der Waals surface area (Å²) in [4.78, 5) is 29.5. The smallest absolute Gasteiger partial charge is 0.264 e. The second-order valence-electron chi connectivity index (χ2n) is 10.7. The maximum Gasteiger partial charge on any atom is 0.264 e. The number of ether oxygens (including phenoxy) is 1. The van der Waals surface area contributed by atoms with Crippen LogP contribution in [-0.4, -0.2) is 50.4 Å². The van der Waals surface area contributed by atoms with Gasteiger partial charge < -0.3 is 15.0 Å². The first kappa shape index (κ1) is 33.6. The van der Waals surface area contributed by atoms with E-state index in [1.165, 1.54) is 29.2 Å². The number of sulfonamides is 1. The number of hydrogen-bond donors (Lipinski definition) is 1. The molecule has 11 heteroatoms. The Bertz CT molecular complexity index is 1530. The summed E-state index contributed by atoms with van der Waals surface area (Å²) in [5.74, 6) is -0.513. The van der Waals surface area contributed by atoms with Crippen LogP contribution in [0.25, 0.3) is 0 Å². The number of carbonyl (C=O) groups excluding carboxylic acids is 2. The first-order valence-electron chi connectivity index (χ1n) is 15.0. The van der Waals surface area contributed by atoms with Crippen LogP contribution in [-0.2, 0) is 26.2 Å². The fourth-order valence-electron chi connectivity index (χ4n) is 5.46. The second kappa shape index (κ2) is 15.6. The zero-order chi connectivity index (χ0) is 31.7. The predicted molar refractivity (Wildman–Crippen MR) is 175 cm³/mol. The fourth-order valence-corrected chi connectivity index (χ4v) is 7.21. The Morgan fingerprint density at radius 2 is 1.59 bits per heavy atom. The van der Waals surface area contributed by atoms with Gasteiger partial charge in [0, 0.05) is 22.6 Å². The van der Waals surface area contributed by atoms with Gasteiger partial charge >= 0.3 is 0 Å². The van der Waals surface area contributed by atoms with Crippen LogP contribution in [0, 0.1) is 0 Å². The van der Waals surface area contributed by atoms with Crippen molar-refractivity contribution in [3.05, 3.63) is 88.4 Å². The van der Waals surface area contributed by atoms with Crippen LogP contribution in [0.4, 0.5) is 5.69 Å². The topological polar surface area (TPSA) is 96.0 Å². The molecular weight excluding hydrogens is 621 g/mol. The summed E-state index contributed by atoms with van der Waals surface area (Å²) in [7, 11) is -4.28. The molecule has 2 amide bonds. The molecule has 1 aliphatic carbocycles. The van der Waals surface area contributed by atoms with Crippen LogP contribution in [0.2, 0.25) is 10.0 Å². The third-order valence-electron chi connectivity index (χ3n) is 7.75. The first-order chi connectivity index (χ1) is 21.1. The molecule has 44 heavy (non-hydrogen) atoms. The van der Waals surface area contributed by atoms with Gasteiger partial charge in [0.2, 0.25) is 11.8 Å². The predicted octanol–water partition coefficient (Wildman–Crippen LogP) is 6.84. The molecule has 4 rings (SSSR count). The summed E-state index contributed by atoms with van der Waals surface area (Å²) in [6, 6.07) is 18.7. The van der Waals surface area contributed by atoms with E-state index in [4.69, 9.17) is 27.9 Å². The quantitative estimate of drug-likeness (QED) is 0.217. The number of amides is 2. The van der Waals surface area contributed by atoms with E-state index in [0.29, 0.717) is 27.8 Å². The molecule has 3 aromatic rings. The molecule has 3 aromatic carbocycles. The molecule has 1 aliphatic rings. The molecule has 8 nitrogen and oxygen atoms in total. The highest BCUT2D eigenvalue weighted by Crippen LogP contribution is 2.33. The molecule has 0 radical (unpaired) electrons. The molecule has 1 unspecified atom stereocenters. The minimum atomic E-state index is -4.28. The minimum absolute atomic E-state index is 0.0248. The molecule has 0 heterocycles. The summed E-state index contributed by atoms with van der Waals surface area (Å²) < 4.78 is 35.1. The standard InChI is InChI=1S/C33H39Cl2N3O5S/c1-3-29(33(40)36-26-13-6-5-7-14-26)37(22-24-12-8-9-15-28(24)35)32(39)23-38(30-16-10-11-17-31(30)43-4-2)44(41,42)27-20-18-25(34)19-21-27/h8-12,15-21,26,29H,3-7,13-14,22-23H2,1-2H3,(H,36,40). The van der Waals surface area contributed by atoms with Crippen LogP contribution in [0.1, 0.15) is 57.9 Å². The lowest BCUT2D eigenvalue weighted by Crippen LogP contribution is -2.54. The van der Waals surface area contributed by atoms with Crippen molar-refractivity contribution in [3.8, 4) is 5.75 Å². The van der Waals surface area contributed by atoms with Crippen LogP contribution in [0.5, 0.6) is 5.75 Å².